The van der Waals surface area contributed by atoms with Gasteiger partial charge in [-0.2, -0.15) is 11.8 Å². The average molecular weight is 278 g/mol. The Morgan fingerprint density at radius 1 is 1.37 bits per heavy atom. The van der Waals surface area contributed by atoms with Gasteiger partial charge in [-0.15, -0.1) is 0 Å². The molecule has 4 heteroatoms. The van der Waals surface area contributed by atoms with E-state index in [0.29, 0.717) is 19.0 Å². The van der Waals surface area contributed by atoms with Gasteiger partial charge in [0.15, 0.2) is 0 Å². The van der Waals surface area contributed by atoms with Crippen molar-refractivity contribution in [2.24, 2.45) is 0 Å². The van der Waals surface area contributed by atoms with Gasteiger partial charge in [-0.25, -0.2) is 0 Å². The molecule has 0 aromatic heterocycles. The number of benzene rings is 1. The third-order valence-electron chi connectivity index (χ3n) is 3.26. The molecule has 0 radical (unpaired) electrons. The number of likely N-dealkylation sites (N-methyl/N-ethyl adjacent to an activating group) is 1. The van der Waals surface area contributed by atoms with Gasteiger partial charge in [0.1, 0.15) is 0 Å². The topological polar surface area (TPSA) is 41.1 Å². The second kappa shape index (κ2) is 6.85. The predicted octanol–water partition coefficient (Wildman–Crippen LogP) is 2.67. The van der Waals surface area contributed by atoms with E-state index in [-0.39, 0.29) is 5.91 Å². The van der Waals surface area contributed by atoms with Crippen LogP contribution >= 0.6 is 11.8 Å². The first-order chi connectivity index (χ1) is 9.17. The molecule has 1 aromatic carbocycles. The van der Waals surface area contributed by atoms with Gasteiger partial charge >= 0.3 is 0 Å². The summed E-state index contributed by atoms with van der Waals surface area (Å²) >= 11 is 2.03. The predicted molar refractivity (Wildman–Crippen MR) is 82.8 cm³/mol. The Morgan fingerprint density at radius 2 is 2.11 bits per heavy atom. The molecule has 1 aliphatic heterocycles. The Hall–Kier alpha value is -1.16. The normalized spacial score (nSPS) is 22.2. The van der Waals surface area contributed by atoms with Crippen LogP contribution in [0.5, 0.6) is 0 Å². The van der Waals surface area contributed by atoms with Gasteiger partial charge in [0.25, 0.3) is 0 Å². The second-order valence-corrected chi connectivity index (χ2v) is 6.52. The number of hydrogen-bond donors (Lipinski definition) is 2. The Balaban J connectivity index is 1.86. The van der Waals surface area contributed by atoms with E-state index in [4.69, 9.17) is 0 Å². The van der Waals surface area contributed by atoms with E-state index < -0.39 is 0 Å². The lowest BCUT2D eigenvalue weighted by molar-refractivity contribution is -0.120. The summed E-state index contributed by atoms with van der Waals surface area (Å²) in [5.74, 6) is 1.27. The first-order valence-corrected chi connectivity index (χ1v) is 7.96. The fraction of sp³-hybridized carbons (Fsp3) is 0.533. The van der Waals surface area contributed by atoms with Gasteiger partial charge in [-0.05, 0) is 31.0 Å². The first kappa shape index (κ1) is 14.3. The molecule has 2 unspecified atom stereocenters. The molecule has 1 fully saturated rings. The molecule has 1 aromatic rings. The van der Waals surface area contributed by atoms with Crippen LogP contribution in [0.4, 0.5) is 5.69 Å². The molecule has 2 atom stereocenters. The van der Waals surface area contributed by atoms with E-state index in [2.05, 4.69) is 29.7 Å². The van der Waals surface area contributed by atoms with Crippen molar-refractivity contribution in [3.8, 4) is 0 Å². The number of hydrogen-bond acceptors (Lipinski definition) is 3. The summed E-state index contributed by atoms with van der Waals surface area (Å²) in [4.78, 5) is 11.5. The molecule has 1 amide bonds. The summed E-state index contributed by atoms with van der Waals surface area (Å²) in [7, 11) is 0. The minimum Gasteiger partial charge on any atom is -0.381 e. The van der Waals surface area contributed by atoms with Crippen molar-refractivity contribution in [1.29, 1.82) is 0 Å². The van der Waals surface area contributed by atoms with Gasteiger partial charge in [0.05, 0.1) is 6.42 Å². The maximum atomic E-state index is 11.5. The van der Waals surface area contributed by atoms with E-state index in [1.165, 1.54) is 12.2 Å². The molecule has 2 rings (SSSR count). The van der Waals surface area contributed by atoms with Crippen molar-refractivity contribution >= 4 is 23.4 Å². The number of carbonyl (C=O) groups is 1. The van der Waals surface area contributed by atoms with Crippen molar-refractivity contribution in [1.82, 2.24) is 5.32 Å². The first-order valence-electron chi connectivity index (χ1n) is 6.91. The largest absolute Gasteiger partial charge is 0.381 e. The smallest absolute Gasteiger partial charge is 0.224 e. The second-order valence-electron chi connectivity index (χ2n) is 5.05. The summed E-state index contributed by atoms with van der Waals surface area (Å²) in [6.45, 7) is 4.91. The van der Waals surface area contributed by atoms with E-state index in [9.17, 15) is 4.79 Å². The summed E-state index contributed by atoms with van der Waals surface area (Å²) < 4.78 is 0. The summed E-state index contributed by atoms with van der Waals surface area (Å²) in [6.07, 6.45) is 1.69. The van der Waals surface area contributed by atoms with Crippen molar-refractivity contribution in [2.75, 3.05) is 17.6 Å². The highest BCUT2D eigenvalue weighted by molar-refractivity contribution is 8.00. The van der Waals surface area contributed by atoms with Gasteiger partial charge in [0.2, 0.25) is 5.91 Å². The number of anilines is 1. The summed E-state index contributed by atoms with van der Waals surface area (Å²) in [6, 6.07) is 8.78. The fourth-order valence-electron chi connectivity index (χ4n) is 2.32. The van der Waals surface area contributed by atoms with Crippen LogP contribution in [0, 0.1) is 0 Å². The molecular formula is C15H22N2OS. The fourth-order valence-corrected chi connectivity index (χ4v) is 3.47. The molecule has 1 saturated heterocycles. The van der Waals surface area contributed by atoms with E-state index in [0.717, 1.165) is 16.5 Å². The molecular weight excluding hydrogens is 256 g/mol. The maximum absolute atomic E-state index is 11.5. The summed E-state index contributed by atoms with van der Waals surface area (Å²) in [5.41, 5.74) is 2.21. The SMILES string of the molecule is CCNC(=O)Cc1ccc(NC2CSC(C)C2)cc1. The third kappa shape index (κ3) is 4.46. The number of rotatable bonds is 5. The molecule has 1 aliphatic rings. The molecule has 0 spiro atoms. The number of nitrogens with one attached hydrogen (secondary N) is 2. The minimum absolute atomic E-state index is 0.0872. The van der Waals surface area contributed by atoms with Crippen molar-refractivity contribution < 1.29 is 4.79 Å². The molecule has 104 valence electrons. The van der Waals surface area contributed by atoms with Crippen LogP contribution in [0.2, 0.25) is 0 Å². The lowest BCUT2D eigenvalue weighted by Crippen LogP contribution is -2.24. The highest BCUT2D eigenvalue weighted by atomic mass is 32.2. The van der Waals surface area contributed by atoms with Crippen LogP contribution in [0.3, 0.4) is 0 Å². The third-order valence-corrected chi connectivity index (χ3v) is 4.62. The molecule has 0 bridgehead atoms. The van der Waals surface area contributed by atoms with Crippen LogP contribution in [-0.4, -0.2) is 29.5 Å². The summed E-state index contributed by atoms with van der Waals surface area (Å²) in [5, 5.41) is 7.13. The van der Waals surface area contributed by atoms with E-state index >= 15 is 0 Å². The Kier molecular flexibility index (Phi) is 5.14. The minimum atomic E-state index is 0.0872. The maximum Gasteiger partial charge on any atom is 0.224 e. The zero-order valence-corrected chi connectivity index (χ0v) is 12.4. The number of carbonyl (C=O) groups excluding carboxylic acids is 1. The zero-order chi connectivity index (χ0) is 13.7. The monoisotopic (exact) mass is 278 g/mol. The Labute approximate surface area is 119 Å². The standard InChI is InChI=1S/C15H22N2OS/c1-3-16-15(18)9-12-4-6-13(7-5-12)17-14-8-11(2)19-10-14/h4-7,11,14,17H,3,8-10H2,1-2H3,(H,16,18). The van der Waals surface area contributed by atoms with Gasteiger partial charge < -0.3 is 10.6 Å². The highest BCUT2D eigenvalue weighted by Gasteiger charge is 2.21. The van der Waals surface area contributed by atoms with Crippen LogP contribution in [-0.2, 0) is 11.2 Å². The molecule has 0 saturated carbocycles. The van der Waals surface area contributed by atoms with Crippen molar-refractivity contribution in [3.63, 3.8) is 0 Å². The molecule has 19 heavy (non-hydrogen) atoms. The van der Waals surface area contributed by atoms with E-state index in [1.807, 2.05) is 30.8 Å². The highest BCUT2D eigenvalue weighted by Crippen LogP contribution is 2.28. The molecule has 2 N–H and O–H groups in total. The van der Waals surface area contributed by atoms with Crippen LogP contribution in [0.1, 0.15) is 25.8 Å². The molecule has 0 aliphatic carbocycles. The van der Waals surface area contributed by atoms with Crippen molar-refractivity contribution in [3.05, 3.63) is 29.8 Å². The number of amides is 1. The van der Waals surface area contributed by atoms with Crippen LogP contribution < -0.4 is 10.6 Å². The molecule has 3 nitrogen and oxygen atoms in total. The number of thioether (sulfide) groups is 1. The van der Waals surface area contributed by atoms with E-state index in [1.54, 1.807) is 0 Å². The van der Waals surface area contributed by atoms with Gasteiger partial charge in [-0.3, -0.25) is 4.79 Å². The van der Waals surface area contributed by atoms with Crippen molar-refractivity contribution in [2.45, 2.75) is 38.0 Å². The Morgan fingerprint density at radius 3 is 2.68 bits per heavy atom. The lowest BCUT2D eigenvalue weighted by Gasteiger charge is -2.13. The lowest BCUT2D eigenvalue weighted by atomic mass is 10.1. The Bertz CT molecular complexity index is 419. The quantitative estimate of drug-likeness (QED) is 0.870. The van der Waals surface area contributed by atoms with Gasteiger partial charge in [-0.1, -0.05) is 19.1 Å². The van der Waals surface area contributed by atoms with Crippen LogP contribution in [0.25, 0.3) is 0 Å². The van der Waals surface area contributed by atoms with Crippen LogP contribution in [0.15, 0.2) is 24.3 Å². The zero-order valence-electron chi connectivity index (χ0n) is 11.6. The molecule has 1 heterocycles. The van der Waals surface area contributed by atoms with Gasteiger partial charge in [0, 0.05) is 29.3 Å². The average Bonchev–Trinajstić information content (AvgIpc) is 2.78.